The van der Waals surface area contributed by atoms with Crippen LogP contribution in [-0.4, -0.2) is 20.7 Å². The van der Waals surface area contributed by atoms with Gasteiger partial charge in [-0.25, -0.2) is 4.79 Å². The number of pyridine rings is 1. The van der Waals surface area contributed by atoms with E-state index in [9.17, 15) is 14.4 Å². The lowest BCUT2D eigenvalue weighted by Crippen LogP contribution is -2.36. The normalized spacial score (nSPS) is 19.8. The maximum absolute atomic E-state index is 12.5. The molecule has 3 heterocycles. The fourth-order valence-corrected chi connectivity index (χ4v) is 3.37. The summed E-state index contributed by atoms with van der Waals surface area (Å²) < 4.78 is 0. The zero-order valence-corrected chi connectivity index (χ0v) is 12.2. The Morgan fingerprint density at radius 3 is 2.78 bits per heavy atom. The largest absolute Gasteiger partial charge is 0.344 e. The molecule has 0 aromatic carbocycles. The van der Waals surface area contributed by atoms with Gasteiger partial charge in [0.15, 0.2) is 5.78 Å². The first-order valence-corrected chi connectivity index (χ1v) is 7.45. The minimum absolute atomic E-state index is 0.0313. The number of aromatic amines is 2. The zero-order valence-electron chi connectivity index (χ0n) is 12.2. The molecular formula is C16H14N4O3. The highest BCUT2D eigenvalue weighted by atomic mass is 16.2. The Labute approximate surface area is 130 Å². The van der Waals surface area contributed by atoms with Crippen molar-refractivity contribution in [1.29, 1.82) is 0 Å². The van der Waals surface area contributed by atoms with Gasteiger partial charge in [-0.3, -0.25) is 24.5 Å². The van der Waals surface area contributed by atoms with Crippen molar-refractivity contribution in [2.75, 3.05) is 5.32 Å². The van der Waals surface area contributed by atoms with E-state index in [-0.39, 0.29) is 5.78 Å². The van der Waals surface area contributed by atoms with Gasteiger partial charge in [0.05, 0.1) is 5.56 Å². The number of rotatable bonds is 1. The van der Waals surface area contributed by atoms with Crippen LogP contribution in [0.1, 0.15) is 36.3 Å². The summed E-state index contributed by atoms with van der Waals surface area (Å²) in [6.07, 6.45) is 5.23. The topological polar surface area (TPSA) is 108 Å². The molecule has 0 radical (unpaired) electrons. The van der Waals surface area contributed by atoms with Gasteiger partial charge >= 0.3 is 5.69 Å². The first-order valence-electron chi connectivity index (χ1n) is 7.45. The molecule has 23 heavy (non-hydrogen) atoms. The number of nitrogens with one attached hydrogen (secondary N) is 3. The molecule has 1 aliphatic carbocycles. The van der Waals surface area contributed by atoms with E-state index in [1.54, 1.807) is 18.5 Å². The first kappa shape index (κ1) is 13.7. The molecule has 1 unspecified atom stereocenters. The van der Waals surface area contributed by atoms with Gasteiger partial charge < -0.3 is 5.32 Å². The molecule has 0 saturated carbocycles. The van der Waals surface area contributed by atoms with Crippen molar-refractivity contribution in [3.63, 3.8) is 0 Å². The quantitative estimate of drug-likeness (QED) is 0.729. The van der Waals surface area contributed by atoms with E-state index in [1.807, 2.05) is 6.07 Å². The standard InChI is InChI=1S/C16H14N4O3/c21-10-5-1-4-9-12(10)11(8-3-2-6-17-7-8)13-14(18-9)19-16(23)20-15(13)22/h2-3,6-7,11H,1,4-5H2,(H3,18,19,20,22,23). The lowest BCUT2D eigenvalue weighted by molar-refractivity contribution is -0.116. The third-order valence-electron chi connectivity index (χ3n) is 4.31. The van der Waals surface area contributed by atoms with Crippen molar-refractivity contribution >= 4 is 11.6 Å². The number of anilines is 1. The summed E-state index contributed by atoms with van der Waals surface area (Å²) >= 11 is 0. The third kappa shape index (κ3) is 2.12. The minimum atomic E-state index is -0.572. The second-order valence-corrected chi connectivity index (χ2v) is 5.71. The van der Waals surface area contributed by atoms with E-state index in [2.05, 4.69) is 20.3 Å². The zero-order chi connectivity index (χ0) is 16.0. The number of allylic oxidation sites excluding steroid dienone is 2. The highest BCUT2D eigenvalue weighted by Gasteiger charge is 2.37. The number of H-pyrrole nitrogens is 2. The lowest BCUT2D eigenvalue weighted by Gasteiger charge is -2.32. The second kappa shape index (κ2) is 5.05. The highest BCUT2D eigenvalue weighted by Crippen LogP contribution is 2.42. The monoisotopic (exact) mass is 310 g/mol. The van der Waals surface area contributed by atoms with E-state index in [0.29, 0.717) is 29.8 Å². The Hall–Kier alpha value is -2.96. The molecule has 2 aromatic rings. The maximum atomic E-state index is 12.5. The number of carbonyl (C=O) groups excluding carboxylic acids is 1. The predicted octanol–water partition coefficient (Wildman–Crippen LogP) is 1.02. The summed E-state index contributed by atoms with van der Waals surface area (Å²) in [6, 6.07) is 3.61. The first-order chi connectivity index (χ1) is 11.1. The van der Waals surface area contributed by atoms with Crippen LogP contribution >= 0.6 is 0 Å². The summed E-state index contributed by atoms with van der Waals surface area (Å²) in [7, 11) is 0. The number of ketones is 1. The average Bonchev–Trinajstić information content (AvgIpc) is 2.54. The molecule has 0 amide bonds. The van der Waals surface area contributed by atoms with Crippen LogP contribution in [0.5, 0.6) is 0 Å². The Morgan fingerprint density at radius 2 is 2.00 bits per heavy atom. The molecule has 116 valence electrons. The fraction of sp³-hybridized carbons (Fsp3) is 0.250. The number of Topliss-reactive ketones (excluding diaryl/α,β-unsaturated/α-hetero) is 1. The summed E-state index contributed by atoms with van der Waals surface area (Å²) in [5, 5.41) is 3.07. The summed E-state index contributed by atoms with van der Waals surface area (Å²) in [5.41, 5.74) is 1.44. The SMILES string of the molecule is O=C1CCCC2=C1C(c1cccnc1)c1c([nH]c(=O)[nH]c1=O)N2. The van der Waals surface area contributed by atoms with Crippen molar-refractivity contribution in [3.8, 4) is 0 Å². The lowest BCUT2D eigenvalue weighted by atomic mass is 9.77. The van der Waals surface area contributed by atoms with Gasteiger partial charge in [0.2, 0.25) is 0 Å². The molecule has 0 saturated heterocycles. The van der Waals surface area contributed by atoms with Crippen LogP contribution in [0.4, 0.5) is 5.82 Å². The molecule has 2 aromatic heterocycles. The molecule has 0 spiro atoms. The van der Waals surface area contributed by atoms with Crippen LogP contribution in [-0.2, 0) is 4.79 Å². The summed E-state index contributed by atoms with van der Waals surface area (Å²) in [4.78, 5) is 45.4. The predicted molar refractivity (Wildman–Crippen MR) is 83.3 cm³/mol. The molecule has 7 nitrogen and oxygen atoms in total. The van der Waals surface area contributed by atoms with Gasteiger partial charge in [0, 0.05) is 36.0 Å². The van der Waals surface area contributed by atoms with Crippen molar-refractivity contribution in [1.82, 2.24) is 15.0 Å². The van der Waals surface area contributed by atoms with Crippen molar-refractivity contribution in [2.24, 2.45) is 0 Å². The Balaban J connectivity index is 2.03. The molecule has 3 N–H and O–H groups in total. The number of fused-ring (bicyclic) bond motifs is 1. The summed E-state index contributed by atoms with van der Waals surface area (Å²) in [5.74, 6) is -0.117. The van der Waals surface area contributed by atoms with E-state index in [1.165, 1.54) is 0 Å². The molecule has 1 atom stereocenters. The van der Waals surface area contributed by atoms with Crippen molar-refractivity contribution in [3.05, 3.63) is 67.8 Å². The Kier molecular flexibility index (Phi) is 3.00. The number of carbonyl (C=O) groups is 1. The van der Waals surface area contributed by atoms with Crippen LogP contribution in [0, 0.1) is 0 Å². The van der Waals surface area contributed by atoms with Crippen molar-refractivity contribution < 1.29 is 4.79 Å². The van der Waals surface area contributed by atoms with Crippen LogP contribution in [0.25, 0.3) is 0 Å². The summed E-state index contributed by atoms with van der Waals surface area (Å²) in [6.45, 7) is 0. The molecular weight excluding hydrogens is 296 g/mol. The van der Waals surface area contributed by atoms with Gasteiger partial charge in [-0.2, -0.15) is 0 Å². The maximum Gasteiger partial charge on any atom is 0.327 e. The molecule has 2 aliphatic rings. The third-order valence-corrected chi connectivity index (χ3v) is 4.31. The molecule has 7 heteroatoms. The van der Waals surface area contributed by atoms with Gasteiger partial charge in [-0.1, -0.05) is 6.07 Å². The number of hydrogen-bond acceptors (Lipinski definition) is 5. The number of nitrogens with zero attached hydrogens (tertiary/aromatic N) is 1. The Morgan fingerprint density at radius 1 is 1.13 bits per heavy atom. The van der Waals surface area contributed by atoms with Gasteiger partial charge in [0.25, 0.3) is 5.56 Å². The van der Waals surface area contributed by atoms with E-state index in [4.69, 9.17) is 0 Å². The van der Waals surface area contributed by atoms with Crippen LogP contribution < -0.4 is 16.6 Å². The van der Waals surface area contributed by atoms with E-state index >= 15 is 0 Å². The Bertz CT molecular complexity index is 940. The van der Waals surface area contributed by atoms with Crippen LogP contribution in [0.2, 0.25) is 0 Å². The minimum Gasteiger partial charge on any atom is -0.344 e. The van der Waals surface area contributed by atoms with Crippen molar-refractivity contribution in [2.45, 2.75) is 25.2 Å². The molecule has 0 fully saturated rings. The smallest absolute Gasteiger partial charge is 0.327 e. The van der Waals surface area contributed by atoms with E-state index in [0.717, 1.165) is 17.7 Å². The van der Waals surface area contributed by atoms with Gasteiger partial charge in [-0.15, -0.1) is 0 Å². The number of aromatic nitrogens is 3. The fourth-order valence-electron chi connectivity index (χ4n) is 3.37. The van der Waals surface area contributed by atoms with Gasteiger partial charge in [0.1, 0.15) is 5.82 Å². The van der Waals surface area contributed by atoms with Crippen LogP contribution in [0.15, 0.2) is 45.4 Å². The number of hydrogen-bond donors (Lipinski definition) is 3. The van der Waals surface area contributed by atoms with Gasteiger partial charge in [-0.05, 0) is 24.5 Å². The second-order valence-electron chi connectivity index (χ2n) is 5.71. The highest BCUT2D eigenvalue weighted by molar-refractivity contribution is 6.00. The molecule has 0 bridgehead atoms. The molecule has 1 aliphatic heterocycles. The van der Waals surface area contributed by atoms with E-state index < -0.39 is 17.2 Å². The molecule has 4 rings (SSSR count). The average molecular weight is 310 g/mol. The van der Waals surface area contributed by atoms with Crippen LogP contribution in [0.3, 0.4) is 0 Å².